The lowest BCUT2D eigenvalue weighted by Crippen LogP contribution is -2.02. The van der Waals surface area contributed by atoms with Gasteiger partial charge < -0.3 is 10.6 Å². The second-order valence-corrected chi connectivity index (χ2v) is 5.77. The minimum atomic E-state index is 0.297. The highest BCUT2D eigenvalue weighted by Gasteiger charge is 2.06. The Morgan fingerprint density at radius 3 is 2.39 bits per heavy atom. The predicted molar refractivity (Wildman–Crippen MR) is 94.3 cm³/mol. The van der Waals surface area contributed by atoms with Crippen LogP contribution in [0.4, 0.5) is 23.1 Å². The summed E-state index contributed by atoms with van der Waals surface area (Å²) in [6.45, 7) is 0. The first-order valence-corrected chi connectivity index (χ1v) is 7.68. The van der Waals surface area contributed by atoms with Gasteiger partial charge in [-0.1, -0.05) is 46.9 Å². The van der Waals surface area contributed by atoms with E-state index in [1.165, 1.54) is 6.20 Å². The highest BCUT2D eigenvalue weighted by molar-refractivity contribution is 6.36. The molecule has 0 saturated carbocycles. The van der Waals surface area contributed by atoms with Crippen molar-refractivity contribution in [1.82, 2.24) is 15.2 Å². The zero-order valence-corrected chi connectivity index (χ0v) is 13.9. The third kappa shape index (κ3) is 4.01. The molecule has 116 valence electrons. The Bertz CT molecular complexity index is 841. The second kappa shape index (κ2) is 7.00. The van der Waals surface area contributed by atoms with E-state index in [9.17, 15) is 0 Å². The molecule has 0 aliphatic rings. The Balaban J connectivity index is 1.81. The number of hydrogen-bond donors (Lipinski definition) is 2. The summed E-state index contributed by atoms with van der Waals surface area (Å²) in [7, 11) is 0. The fraction of sp³-hybridized carbons (Fsp3) is 0. The van der Waals surface area contributed by atoms with Crippen LogP contribution < -0.4 is 10.6 Å². The van der Waals surface area contributed by atoms with Crippen LogP contribution in [0, 0.1) is 0 Å². The zero-order valence-electron chi connectivity index (χ0n) is 11.6. The van der Waals surface area contributed by atoms with E-state index in [1.807, 2.05) is 18.2 Å². The minimum absolute atomic E-state index is 0.297. The summed E-state index contributed by atoms with van der Waals surface area (Å²) in [5.41, 5.74) is 1.36. The van der Waals surface area contributed by atoms with Gasteiger partial charge in [0, 0.05) is 5.02 Å². The number of nitrogens with one attached hydrogen (secondary N) is 2. The Morgan fingerprint density at radius 2 is 1.61 bits per heavy atom. The Hall–Kier alpha value is -2.08. The molecular weight excluding hydrogens is 357 g/mol. The van der Waals surface area contributed by atoms with Crippen LogP contribution >= 0.6 is 34.8 Å². The van der Waals surface area contributed by atoms with E-state index in [2.05, 4.69) is 25.8 Å². The van der Waals surface area contributed by atoms with Crippen molar-refractivity contribution in [2.75, 3.05) is 10.6 Å². The number of rotatable bonds is 4. The molecule has 5 nitrogen and oxygen atoms in total. The molecule has 23 heavy (non-hydrogen) atoms. The van der Waals surface area contributed by atoms with E-state index in [0.717, 1.165) is 5.69 Å². The lowest BCUT2D eigenvalue weighted by atomic mass is 10.3. The summed E-state index contributed by atoms with van der Waals surface area (Å²) in [5.74, 6) is 0.798. The van der Waals surface area contributed by atoms with Crippen molar-refractivity contribution in [2.45, 2.75) is 0 Å². The van der Waals surface area contributed by atoms with Gasteiger partial charge >= 0.3 is 0 Å². The molecule has 1 heterocycles. The summed E-state index contributed by atoms with van der Waals surface area (Å²) >= 11 is 18.1. The standard InChI is InChI=1S/C15H10Cl3N5/c16-9-5-6-13(11(18)7-9)21-15-22-14(8-19-23-15)20-12-4-2-1-3-10(12)17/h1-8H,(H2,20,21,22,23). The molecule has 0 fully saturated rings. The van der Waals surface area contributed by atoms with Gasteiger partial charge in [0.2, 0.25) is 5.95 Å². The Labute approximate surface area is 147 Å². The topological polar surface area (TPSA) is 62.7 Å². The SMILES string of the molecule is Clc1ccc(Nc2nncc(Nc3ccccc3Cl)n2)c(Cl)c1. The van der Waals surface area contributed by atoms with Crippen molar-refractivity contribution in [3.63, 3.8) is 0 Å². The van der Waals surface area contributed by atoms with Gasteiger partial charge in [0.15, 0.2) is 5.82 Å². The Morgan fingerprint density at radius 1 is 0.826 bits per heavy atom. The molecule has 0 bridgehead atoms. The van der Waals surface area contributed by atoms with Crippen molar-refractivity contribution in [1.29, 1.82) is 0 Å². The van der Waals surface area contributed by atoms with E-state index in [0.29, 0.717) is 32.5 Å². The van der Waals surface area contributed by atoms with Crippen LogP contribution in [-0.4, -0.2) is 15.2 Å². The number of hydrogen-bond acceptors (Lipinski definition) is 5. The smallest absolute Gasteiger partial charge is 0.249 e. The fourth-order valence-electron chi connectivity index (χ4n) is 1.83. The number of halogens is 3. The van der Waals surface area contributed by atoms with Crippen molar-refractivity contribution in [3.8, 4) is 0 Å². The molecule has 1 aromatic heterocycles. The highest BCUT2D eigenvalue weighted by Crippen LogP contribution is 2.28. The average molecular weight is 367 g/mol. The number of anilines is 4. The van der Waals surface area contributed by atoms with E-state index in [1.54, 1.807) is 24.3 Å². The molecule has 3 aromatic rings. The van der Waals surface area contributed by atoms with Gasteiger partial charge in [-0.2, -0.15) is 10.1 Å². The predicted octanol–water partition coefficient (Wildman–Crippen LogP) is 5.32. The summed E-state index contributed by atoms with van der Waals surface area (Å²) < 4.78 is 0. The first-order chi connectivity index (χ1) is 11.1. The number of para-hydroxylation sites is 1. The van der Waals surface area contributed by atoms with Gasteiger partial charge in [0.05, 0.1) is 27.6 Å². The van der Waals surface area contributed by atoms with Crippen LogP contribution in [0.15, 0.2) is 48.7 Å². The third-order valence-electron chi connectivity index (χ3n) is 2.87. The van der Waals surface area contributed by atoms with E-state index < -0.39 is 0 Å². The Kier molecular flexibility index (Phi) is 4.81. The quantitative estimate of drug-likeness (QED) is 0.654. The fourth-order valence-corrected chi connectivity index (χ4v) is 2.47. The number of aromatic nitrogens is 3. The number of nitrogens with zero attached hydrogens (tertiary/aromatic N) is 3. The minimum Gasteiger partial charge on any atom is -0.338 e. The van der Waals surface area contributed by atoms with Gasteiger partial charge in [0.1, 0.15) is 0 Å². The normalized spacial score (nSPS) is 10.4. The van der Waals surface area contributed by atoms with Crippen LogP contribution in [-0.2, 0) is 0 Å². The van der Waals surface area contributed by atoms with Crippen LogP contribution in [0.2, 0.25) is 15.1 Å². The lowest BCUT2D eigenvalue weighted by molar-refractivity contribution is 0.982. The third-order valence-corrected chi connectivity index (χ3v) is 3.75. The van der Waals surface area contributed by atoms with E-state index in [-0.39, 0.29) is 0 Å². The molecule has 2 N–H and O–H groups in total. The van der Waals surface area contributed by atoms with Crippen LogP contribution in [0.25, 0.3) is 0 Å². The van der Waals surface area contributed by atoms with Gasteiger partial charge in [0.25, 0.3) is 0 Å². The monoisotopic (exact) mass is 365 g/mol. The lowest BCUT2D eigenvalue weighted by Gasteiger charge is -2.09. The average Bonchev–Trinajstić information content (AvgIpc) is 2.53. The second-order valence-electron chi connectivity index (χ2n) is 4.52. The molecule has 0 radical (unpaired) electrons. The summed E-state index contributed by atoms with van der Waals surface area (Å²) in [6.07, 6.45) is 1.50. The molecular formula is C15H10Cl3N5. The number of benzene rings is 2. The van der Waals surface area contributed by atoms with Crippen molar-refractivity contribution in [3.05, 3.63) is 63.7 Å². The zero-order chi connectivity index (χ0) is 16.2. The van der Waals surface area contributed by atoms with Gasteiger partial charge in [-0.3, -0.25) is 0 Å². The maximum absolute atomic E-state index is 6.11. The maximum Gasteiger partial charge on any atom is 0.249 e. The molecule has 0 aliphatic carbocycles. The molecule has 2 aromatic carbocycles. The molecule has 0 saturated heterocycles. The first-order valence-electron chi connectivity index (χ1n) is 6.55. The molecule has 0 spiro atoms. The molecule has 0 unspecified atom stereocenters. The first kappa shape index (κ1) is 15.8. The van der Waals surface area contributed by atoms with Crippen molar-refractivity contribution >= 4 is 57.9 Å². The van der Waals surface area contributed by atoms with Crippen molar-refractivity contribution in [2.24, 2.45) is 0 Å². The van der Waals surface area contributed by atoms with Gasteiger partial charge in [-0.15, -0.1) is 5.10 Å². The van der Waals surface area contributed by atoms with E-state index in [4.69, 9.17) is 34.8 Å². The largest absolute Gasteiger partial charge is 0.338 e. The van der Waals surface area contributed by atoms with Crippen molar-refractivity contribution < 1.29 is 0 Å². The highest BCUT2D eigenvalue weighted by atomic mass is 35.5. The summed E-state index contributed by atoms with van der Waals surface area (Å²) in [5, 5.41) is 15.5. The summed E-state index contributed by atoms with van der Waals surface area (Å²) in [6, 6.07) is 12.4. The molecule has 0 atom stereocenters. The molecule has 0 amide bonds. The van der Waals surface area contributed by atoms with Crippen LogP contribution in [0.3, 0.4) is 0 Å². The van der Waals surface area contributed by atoms with Crippen LogP contribution in [0.1, 0.15) is 0 Å². The van der Waals surface area contributed by atoms with Gasteiger partial charge in [-0.25, -0.2) is 0 Å². The van der Waals surface area contributed by atoms with E-state index >= 15 is 0 Å². The molecule has 0 aliphatic heterocycles. The summed E-state index contributed by atoms with van der Waals surface area (Å²) in [4.78, 5) is 4.32. The van der Waals surface area contributed by atoms with Crippen LogP contribution in [0.5, 0.6) is 0 Å². The molecule has 8 heteroatoms. The maximum atomic E-state index is 6.11. The molecule has 3 rings (SSSR count). The van der Waals surface area contributed by atoms with Gasteiger partial charge in [-0.05, 0) is 30.3 Å².